The summed E-state index contributed by atoms with van der Waals surface area (Å²) in [5, 5.41) is 8.95. The summed E-state index contributed by atoms with van der Waals surface area (Å²) in [4.78, 5) is 19.3. The monoisotopic (exact) mass is 373 g/mol. The fraction of sp³-hybridized carbons (Fsp3) is 0.261. The van der Waals surface area contributed by atoms with E-state index >= 15 is 0 Å². The molecule has 0 spiro atoms. The van der Waals surface area contributed by atoms with Crippen LogP contribution in [-0.4, -0.2) is 22.3 Å². The van der Waals surface area contributed by atoms with E-state index < -0.39 is 0 Å². The highest BCUT2D eigenvalue weighted by Gasteiger charge is 2.23. The van der Waals surface area contributed by atoms with Crippen LogP contribution < -0.4 is 0 Å². The minimum Gasteiger partial charge on any atom is -0.441 e. The Kier molecular flexibility index (Phi) is 5.90. The number of rotatable bonds is 6. The van der Waals surface area contributed by atoms with E-state index in [1.54, 1.807) is 12.1 Å². The van der Waals surface area contributed by atoms with E-state index in [2.05, 4.69) is 11.1 Å². The predicted molar refractivity (Wildman–Crippen MR) is 107 cm³/mol. The van der Waals surface area contributed by atoms with E-state index in [1.807, 2.05) is 68.1 Å². The van der Waals surface area contributed by atoms with E-state index in [0.717, 1.165) is 11.1 Å². The largest absolute Gasteiger partial charge is 0.441 e. The molecular weight excluding hydrogens is 350 g/mol. The maximum atomic E-state index is 13.0. The lowest BCUT2D eigenvalue weighted by molar-refractivity contribution is -0.132. The number of likely N-dealkylation sites (N-methyl/N-ethyl adjacent to an activating group) is 1. The van der Waals surface area contributed by atoms with Crippen LogP contribution in [0, 0.1) is 18.3 Å². The Labute approximate surface area is 165 Å². The highest BCUT2D eigenvalue weighted by atomic mass is 16.4. The average Bonchev–Trinajstić information content (AvgIpc) is 3.09. The third-order valence-electron chi connectivity index (χ3n) is 4.88. The maximum absolute atomic E-state index is 13.0. The zero-order valence-electron chi connectivity index (χ0n) is 16.3. The first-order valence-corrected chi connectivity index (χ1v) is 9.34. The van der Waals surface area contributed by atoms with Gasteiger partial charge in [0, 0.05) is 12.1 Å². The van der Waals surface area contributed by atoms with Crippen molar-refractivity contribution in [2.75, 3.05) is 6.54 Å². The SMILES string of the molecule is CCN(C(=O)Cc1nc(-c2ccccc2)oc1C)C(C)c1ccc(C#N)cc1. The number of hydrogen-bond donors (Lipinski definition) is 0. The first-order valence-electron chi connectivity index (χ1n) is 9.34. The molecule has 1 aromatic heterocycles. The minimum atomic E-state index is -0.0916. The molecule has 5 heteroatoms. The quantitative estimate of drug-likeness (QED) is 0.629. The molecule has 0 aliphatic rings. The van der Waals surface area contributed by atoms with Crippen molar-refractivity contribution < 1.29 is 9.21 Å². The maximum Gasteiger partial charge on any atom is 0.229 e. The molecule has 0 bridgehead atoms. The number of carbonyl (C=O) groups is 1. The molecule has 0 saturated heterocycles. The van der Waals surface area contributed by atoms with Crippen LogP contribution >= 0.6 is 0 Å². The Bertz CT molecular complexity index is 985. The Morgan fingerprint density at radius 1 is 1.18 bits per heavy atom. The van der Waals surface area contributed by atoms with Gasteiger partial charge in [-0.15, -0.1) is 0 Å². The molecule has 1 atom stereocenters. The molecule has 1 heterocycles. The van der Waals surface area contributed by atoms with E-state index in [4.69, 9.17) is 9.68 Å². The van der Waals surface area contributed by atoms with Crippen molar-refractivity contribution in [3.63, 3.8) is 0 Å². The zero-order chi connectivity index (χ0) is 20.1. The lowest BCUT2D eigenvalue weighted by Crippen LogP contribution is -2.34. The van der Waals surface area contributed by atoms with Crippen LogP contribution in [0.1, 0.15) is 42.5 Å². The standard InChI is InChI=1S/C23H23N3O2/c1-4-26(16(2)19-12-10-18(15-24)11-13-19)22(27)14-21-17(3)28-23(25-21)20-8-6-5-7-9-20/h5-13,16H,4,14H2,1-3H3. The molecular formula is C23H23N3O2. The van der Waals surface area contributed by atoms with Gasteiger partial charge in [-0.25, -0.2) is 4.98 Å². The van der Waals surface area contributed by atoms with Crippen LogP contribution in [-0.2, 0) is 11.2 Å². The van der Waals surface area contributed by atoms with Crippen molar-refractivity contribution in [2.45, 2.75) is 33.2 Å². The Morgan fingerprint density at radius 3 is 2.46 bits per heavy atom. The second kappa shape index (κ2) is 8.53. The molecule has 28 heavy (non-hydrogen) atoms. The molecule has 0 aliphatic heterocycles. The molecule has 3 rings (SSSR count). The number of hydrogen-bond acceptors (Lipinski definition) is 4. The van der Waals surface area contributed by atoms with Gasteiger partial charge in [-0.1, -0.05) is 30.3 Å². The van der Waals surface area contributed by atoms with Crippen molar-refractivity contribution in [1.82, 2.24) is 9.88 Å². The topological polar surface area (TPSA) is 70.1 Å². The van der Waals surface area contributed by atoms with Gasteiger partial charge in [0.15, 0.2) is 0 Å². The smallest absolute Gasteiger partial charge is 0.229 e. The van der Waals surface area contributed by atoms with Gasteiger partial charge in [-0.2, -0.15) is 5.26 Å². The number of aryl methyl sites for hydroxylation is 1. The highest BCUT2D eigenvalue weighted by Crippen LogP contribution is 2.24. The molecule has 1 unspecified atom stereocenters. The summed E-state index contributed by atoms with van der Waals surface area (Å²) in [5.41, 5.74) is 3.16. The molecule has 0 saturated carbocycles. The van der Waals surface area contributed by atoms with Crippen molar-refractivity contribution in [3.8, 4) is 17.5 Å². The number of nitriles is 1. The van der Waals surface area contributed by atoms with Gasteiger partial charge >= 0.3 is 0 Å². The van der Waals surface area contributed by atoms with Crippen LogP contribution in [0.25, 0.3) is 11.5 Å². The van der Waals surface area contributed by atoms with Crippen LogP contribution in [0.3, 0.4) is 0 Å². The molecule has 5 nitrogen and oxygen atoms in total. The molecule has 0 aliphatic carbocycles. The molecule has 142 valence electrons. The second-order valence-corrected chi connectivity index (χ2v) is 6.65. The van der Waals surface area contributed by atoms with E-state index in [9.17, 15) is 4.79 Å². The summed E-state index contributed by atoms with van der Waals surface area (Å²) in [5.74, 6) is 1.19. The Hall–Kier alpha value is -3.39. The average molecular weight is 373 g/mol. The van der Waals surface area contributed by atoms with Gasteiger partial charge in [0.05, 0.1) is 29.8 Å². The van der Waals surface area contributed by atoms with Crippen LogP contribution in [0.15, 0.2) is 59.0 Å². The number of amides is 1. The zero-order valence-corrected chi connectivity index (χ0v) is 16.3. The first-order chi connectivity index (χ1) is 13.5. The first kappa shape index (κ1) is 19.4. The summed E-state index contributed by atoms with van der Waals surface area (Å²) < 4.78 is 5.77. The molecule has 3 aromatic rings. The number of oxazole rings is 1. The fourth-order valence-corrected chi connectivity index (χ4v) is 3.22. The Morgan fingerprint density at radius 2 is 1.86 bits per heavy atom. The predicted octanol–water partition coefficient (Wildman–Crippen LogP) is 4.67. The number of aromatic nitrogens is 1. The van der Waals surface area contributed by atoms with Crippen LogP contribution in [0.5, 0.6) is 0 Å². The van der Waals surface area contributed by atoms with E-state index in [1.165, 1.54) is 0 Å². The number of benzene rings is 2. The van der Waals surface area contributed by atoms with Crippen molar-refractivity contribution in [1.29, 1.82) is 5.26 Å². The second-order valence-electron chi connectivity index (χ2n) is 6.65. The molecule has 0 radical (unpaired) electrons. The molecule has 2 aromatic carbocycles. The fourth-order valence-electron chi connectivity index (χ4n) is 3.22. The van der Waals surface area contributed by atoms with Crippen molar-refractivity contribution in [2.24, 2.45) is 0 Å². The van der Waals surface area contributed by atoms with Gasteiger partial charge in [0.25, 0.3) is 0 Å². The summed E-state index contributed by atoms with van der Waals surface area (Å²) in [6, 6.07) is 19.0. The van der Waals surface area contributed by atoms with Gasteiger partial charge in [0.2, 0.25) is 11.8 Å². The summed E-state index contributed by atoms with van der Waals surface area (Å²) in [7, 11) is 0. The van der Waals surface area contributed by atoms with Gasteiger partial charge < -0.3 is 9.32 Å². The van der Waals surface area contributed by atoms with E-state index in [0.29, 0.717) is 29.5 Å². The van der Waals surface area contributed by atoms with Crippen molar-refractivity contribution >= 4 is 5.91 Å². The third-order valence-corrected chi connectivity index (χ3v) is 4.88. The lowest BCUT2D eigenvalue weighted by Gasteiger charge is -2.28. The molecule has 1 amide bonds. The van der Waals surface area contributed by atoms with Crippen molar-refractivity contribution in [3.05, 3.63) is 77.2 Å². The Balaban J connectivity index is 1.77. The summed E-state index contributed by atoms with van der Waals surface area (Å²) in [6.45, 7) is 6.38. The number of carbonyl (C=O) groups excluding carboxylic acids is 1. The number of nitrogens with zero attached hydrogens (tertiary/aromatic N) is 3. The van der Waals surface area contributed by atoms with E-state index in [-0.39, 0.29) is 18.4 Å². The van der Waals surface area contributed by atoms with Crippen LogP contribution in [0.4, 0.5) is 0 Å². The summed E-state index contributed by atoms with van der Waals surface area (Å²) >= 11 is 0. The summed E-state index contributed by atoms with van der Waals surface area (Å²) in [6.07, 6.45) is 0.191. The lowest BCUT2D eigenvalue weighted by atomic mass is 10.0. The molecule has 0 N–H and O–H groups in total. The minimum absolute atomic E-state index is 0.00429. The van der Waals surface area contributed by atoms with Gasteiger partial charge in [-0.05, 0) is 50.6 Å². The van der Waals surface area contributed by atoms with Gasteiger partial charge in [0.1, 0.15) is 5.76 Å². The van der Waals surface area contributed by atoms with Gasteiger partial charge in [-0.3, -0.25) is 4.79 Å². The normalized spacial score (nSPS) is 11.6. The third kappa shape index (κ3) is 4.12. The molecule has 0 fully saturated rings. The highest BCUT2D eigenvalue weighted by molar-refractivity contribution is 5.79. The van der Waals surface area contributed by atoms with Crippen LogP contribution in [0.2, 0.25) is 0 Å².